The molecule has 22 unspecified atom stereocenters. The standard InChI is InChI=1S/C42H70O14/c1-19-26(46)27(47)29(49)34(52-19)55-31-22(17-43)53-35(30(50)28(31)48)54-24-10-12-42-18-41(42)14-13-38(6)33(40(8)11-9-25(56-40)37(4,5)51)21(45)16-39(38,7)23(41)15-20(44)32(42)36(24,2)3/h19-35,43-51H,9-18H2,1-8H3. The molecular formula is C42H70O14. The molecule has 5 aliphatic carbocycles. The highest BCUT2D eigenvalue weighted by molar-refractivity contribution is 5.33. The Balaban J connectivity index is 0.987. The Kier molecular flexibility index (Phi) is 10.1. The van der Waals surface area contributed by atoms with Crippen LogP contribution >= 0.6 is 0 Å². The minimum absolute atomic E-state index is 0.0194. The van der Waals surface area contributed by atoms with Crippen LogP contribution in [0.1, 0.15) is 113 Å². The van der Waals surface area contributed by atoms with Gasteiger partial charge in [0.1, 0.15) is 42.7 Å². The molecule has 0 amide bonds. The molecule has 0 aromatic rings. The topological polar surface area (TPSA) is 228 Å². The van der Waals surface area contributed by atoms with Crippen LogP contribution in [0.5, 0.6) is 0 Å². The van der Waals surface area contributed by atoms with Gasteiger partial charge >= 0.3 is 0 Å². The number of fused-ring (bicyclic) bond motifs is 2. The van der Waals surface area contributed by atoms with E-state index in [1.54, 1.807) is 13.8 Å². The van der Waals surface area contributed by atoms with Gasteiger partial charge in [-0.3, -0.25) is 0 Å². The predicted octanol–water partition coefficient (Wildman–Crippen LogP) is 1.11. The van der Waals surface area contributed by atoms with Gasteiger partial charge in [0.2, 0.25) is 0 Å². The van der Waals surface area contributed by atoms with E-state index in [2.05, 4.69) is 34.6 Å². The molecule has 22 atom stereocenters. The van der Waals surface area contributed by atoms with Crippen molar-refractivity contribution in [1.29, 1.82) is 0 Å². The van der Waals surface area contributed by atoms with Crippen molar-refractivity contribution in [2.45, 2.75) is 210 Å². The Bertz CT molecular complexity index is 1490. The second kappa shape index (κ2) is 13.5. The Morgan fingerprint density at radius 1 is 0.696 bits per heavy atom. The number of hydrogen-bond donors (Lipinski definition) is 9. The van der Waals surface area contributed by atoms with E-state index in [1.807, 2.05) is 0 Å². The van der Waals surface area contributed by atoms with Crippen molar-refractivity contribution >= 4 is 0 Å². The van der Waals surface area contributed by atoms with Crippen LogP contribution in [0.3, 0.4) is 0 Å². The lowest BCUT2D eigenvalue weighted by atomic mass is 9.41. The minimum atomic E-state index is -1.65. The highest BCUT2D eigenvalue weighted by Crippen LogP contribution is 2.89. The van der Waals surface area contributed by atoms with Crippen LogP contribution in [0.4, 0.5) is 0 Å². The fourth-order valence-corrected chi connectivity index (χ4v) is 15.1. The fraction of sp³-hybridized carbons (Fsp3) is 1.00. The molecule has 322 valence electrons. The molecule has 0 aromatic carbocycles. The summed E-state index contributed by atoms with van der Waals surface area (Å²) in [6.45, 7) is 15.6. The SMILES string of the molecule is CC1OC(OC2C(CO)OC(OC3CCC45CC46CCC4(C)C(C7(C)CCC(C(C)(C)O)O7)C(O)CC4(C)C6CC(O)C5C3(C)C)C(O)C2O)C(O)C(O)C1O. The van der Waals surface area contributed by atoms with Crippen molar-refractivity contribution in [3.8, 4) is 0 Å². The first-order valence-corrected chi connectivity index (χ1v) is 21.3. The molecule has 0 bridgehead atoms. The van der Waals surface area contributed by atoms with Crippen molar-refractivity contribution in [1.82, 2.24) is 0 Å². The second-order valence-electron chi connectivity index (χ2n) is 21.5. The molecule has 14 nitrogen and oxygen atoms in total. The zero-order valence-corrected chi connectivity index (χ0v) is 34.5. The molecule has 0 aromatic heterocycles. The van der Waals surface area contributed by atoms with Crippen molar-refractivity contribution in [2.75, 3.05) is 6.61 Å². The van der Waals surface area contributed by atoms with E-state index in [9.17, 15) is 46.0 Å². The number of ether oxygens (including phenoxy) is 5. The van der Waals surface area contributed by atoms with Gasteiger partial charge in [0.25, 0.3) is 0 Å². The van der Waals surface area contributed by atoms with E-state index < -0.39 is 103 Å². The summed E-state index contributed by atoms with van der Waals surface area (Å²) in [6.07, 6.45) is -8.74. The van der Waals surface area contributed by atoms with Crippen LogP contribution in [-0.2, 0) is 23.7 Å². The molecule has 3 aliphatic heterocycles. The van der Waals surface area contributed by atoms with Gasteiger partial charge in [-0.05, 0) is 124 Å². The third-order valence-corrected chi connectivity index (χ3v) is 18.0. The van der Waals surface area contributed by atoms with Gasteiger partial charge < -0.3 is 69.6 Å². The summed E-state index contributed by atoms with van der Waals surface area (Å²) in [4.78, 5) is 0. The van der Waals surface area contributed by atoms with E-state index in [4.69, 9.17) is 23.7 Å². The molecule has 0 radical (unpaired) electrons. The highest BCUT2D eigenvalue weighted by atomic mass is 16.7. The normalized spacial score (nSPS) is 59.2. The van der Waals surface area contributed by atoms with Gasteiger partial charge in [0, 0.05) is 5.92 Å². The van der Waals surface area contributed by atoms with Crippen LogP contribution < -0.4 is 0 Å². The number of rotatable bonds is 7. The van der Waals surface area contributed by atoms with Gasteiger partial charge in [-0.25, -0.2) is 0 Å². The monoisotopic (exact) mass is 798 g/mol. The number of hydrogen-bond acceptors (Lipinski definition) is 14. The molecule has 8 rings (SSSR count). The quantitative estimate of drug-likeness (QED) is 0.165. The molecule has 3 heterocycles. The summed E-state index contributed by atoms with van der Waals surface area (Å²) in [5.74, 6) is 0.0125. The molecular weight excluding hydrogens is 728 g/mol. The molecule has 5 saturated carbocycles. The zero-order chi connectivity index (χ0) is 40.9. The van der Waals surface area contributed by atoms with E-state index in [-0.39, 0.29) is 45.5 Å². The molecule has 2 spiro atoms. The summed E-state index contributed by atoms with van der Waals surface area (Å²) < 4.78 is 30.7. The Labute approximate surface area is 330 Å². The van der Waals surface area contributed by atoms with Crippen molar-refractivity contribution in [3.05, 3.63) is 0 Å². The van der Waals surface area contributed by atoms with Gasteiger partial charge in [-0.2, -0.15) is 0 Å². The maximum absolute atomic E-state index is 12.4. The first-order chi connectivity index (χ1) is 25.9. The maximum Gasteiger partial charge on any atom is 0.187 e. The fourth-order valence-electron chi connectivity index (χ4n) is 15.1. The molecule has 3 saturated heterocycles. The first-order valence-electron chi connectivity index (χ1n) is 21.3. The summed E-state index contributed by atoms with van der Waals surface area (Å²) >= 11 is 0. The molecule has 8 fully saturated rings. The lowest BCUT2D eigenvalue weighted by Gasteiger charge is -2.64. The molecule has 14 heteroatoms. The van der Waals surface area contributed by atoms with E-state index in [0.717, 1.165) is 38.5 Å². The number of aliphatic hydroxyl groups excluding tert-OH is 8. The average Bonchev–Trinajstić information content (AvgIpc) is 3.47. The Hall–Kier alpha value is -0.560. The van der Waals surface area contributed by atoms with Gasteiger partial charge in [-0.15, -0.1) is 0 Å². The largest absolute Gasteiger partial charge is 0.394 e. The average molecular weight is 799 g/mol. The summed E-state index contributed by atoms with van der Waals surface area (Å²) in [6, 6.07) is 0. The van der Waals surface area contributed by atoms with Gasteiger partial charge in [0.15, 0.2) is 12.6 Å². The zero-order valence-electron chi connectivity index (χ0n) is 34.5. The Morgan fingerprint density at radius 3 is 2.00 bits per heavy atom. The van der Waals surface area contributed by atoms with Crippen LogP contribution in [0.2, 0.25) is 0 Å². The lowest BCUT2D eigenvalue weighted by molar-refractivity contribution is -0.366. The maximum atomic E-state index is 12.4. The van der Waals surface area contributed by atoms with E-state index >= 15 is 0 Å². The van der Waals surface area contributed by atoms with Gasteiger partial charge in [-0.1, -0.05) is 27.7 Å². The summed E-state index contributed by atoms with van der Waals surface area (Å²) in [5.41, 5.74) is -2.64. The lowest BCUT2D eigenvalue weighted by Crippen LogP contribution is -2.65. The van der Waals surface area contributed by atoms with E-state index in [1.165, 1.54) is 6.92 Å². The molecule has 8 aliphatic rings. The Morgan fingerprint density at radius 2 is 1.36 bits per heavy atom. The van der Waals surface area contributed by atoms with Crippen LogP contribution in [-0.4, -0.2) is 150 Å². The third kappa shape index (κ3) is 5.71. The molecule has 9 N–H and O–H groups in total. The summed E-state index contributed by atoms with van der Waals surface area (Å²) in [7, 11) is 0. The third-order valence-electron chi connectivity index (χ3n) is 18.0. The van der Waals surface area contributed by atoms with Crippen LogP contribution in [0.25, 0.3) is 0 Å². The molecule has 56 heavy (non-hydrogen) atoms. The van der Waals surface area contributed by atoms with E-state index in [0.29, 0.717) is 19.3 Å². The van der Waals surface area contributed by atoms with Crippen LogP contribution in [0.15, 0.2) is 0 Å². The van der Waals surface area contributed by atoms with Crippen molar-refractivity contribution < 1.29 is 69.6 Å². The van der Waals surface area contributed by atoms with Gasteiger partial charge in [0.05, 0.1) is 48.3 Å². The van der Waals surface area contributed by atoms with Crippen LogP contribution in [0, 0.1) is 44.8 Å². The predicted molar refractivity (Wildman–Crippen MR) is 198 cm³/mol. The minimum Gasteiger partial charge on any atom is -0.394 e. The second-order valence-corrected chi connectivity index (χ2v) is 21.5. The number of aliphatic hydroxyl groups is 9. The smallest absolute Gasteiger partial charge is 0.187 e. The summed E-state index contributed by atoms with van der Waals surface area (Å²) in [5, 5.41) is 99.0. The highest BCUT2D eigenvalue weighted by Gasteiger charge is 2.85. The first kappa shape index (κ1) is 42.1. The van der Waals surface area contributed by atoms with Crippen molar-refractivity contribution in [2.24, 2.45) is 44.8 Å². The van der Waals surface area contributed by atoms with Crippen molar-refractivity contribution in [3.63, 3.8) is 0 Å².